The van der Waals surface area contributed by atoms with Crippen LogP contribution >= 0.6 is 0 Å². The topological polar surface area (TPSA) is 17.1 Å². The molecule has 0 aromatic carbocycles. The normalized spacial score (nSPS) is 19.1. The summed E-state index contributed by atoms with van der Waals surface area (Å²) in [6.07, 6.45) is -35.6. The molecule has 0 bridgehead atoms. The Morgan fingerprint density at radius 3 is 0.500 bits per heavy atom. The first-order valence-corrected chi connectivity index (χ1v) is 9.37. The second-order valence-electron chi connectivity index (χ2n) is 8.23. The van der Waals surface area contributed by atoms with Gasteiger partial charge in [-0.25, -0.2) is 8.78 Å². The minimum absolute atomic E-state index is 7.34. The van der Waals surface area contributed by atoms with Crippen LogP contribution in [0.3, 0.4) is 0 Å². The maximum atomic E-state index is 14.4. The molecule has 0 amide bonds. The van der Waals surface area contributed by atoms with Gasteiger partial charge < -0.3 is 0 Å². The number of rotatable bonds is 10. The lowest BCUT2D eigenvalue weighted by molar-refractivity contribution is -0.449. The molecule has 276 valence electrons. The molecule has 0 aromatic heterocycles. The van der Waals surface area contributed by atoms with Gasteiger partial charge in [0.25, 0.3) is 0 Å². The minimum Gasteiger partial charge on any atom is -0.291 e. The highest BCUT2D eigenvalue weighted by Gasteiger charge is 3.00. The van der Waals surface area contributed by atoms with Crippen LogP contribution in [0.25, 0.3) is 0 Å². The number of hydrogen-bond acceptors (Lipinski definition) is 1. The predicted octanol–water partition coefficient (Wildman–Crippen LogP) is 9.30. The van der Waals surface area contributed by atoms with Crippen molar-refractivity contribution in [1.29, 1.82) is 0 Å². The van der Waals surface area contributed by atoms with Crippen molar-refractivity contribution in [2.24, 2.45) is 0 Å². The molecule has 0 heterocycles. The minimum atomic E-state index is -10.1. The predicted molar refractivity (Wildman–Crippen MR) is 76.5 cm³/mol. The summed E-state index contributed by atoms with van der Waals surface area (Å²) in [6, 6.07) is 0. The van der Waals surface area contributed by atoms with E-state index in [1.165, 1.54) is 0 Å². The average Bonchev–Trinajstić information content (AvgIpc) is 2.78. The number of carbonyl (C=O) groups excluding carboxylic acids is 1. The highest BCUT2D eigenvalue weighted by Crippen LogP contribution is 2.67. The molecule has 0 aliphatic carbocycles. The maximum Gasteiger partial charge on any atom is 0.460 e. The van der Waals surface area contributed by atoms with E-state index >= 15 is 0 Å². The third-order valence-electron chi connectivity index (χ3n) is 5.35. The van der Waals surface area contributed by atoms with Crippen LogP contribution in [0, 0.1) is 0 Å². The monoisotopic (exact) mass is 766 g/mol. The zero-order valence-electron chi connectivity index (χ0n) is 19.2. The highest BCUT2D eigenvalue weighted by atomic mass is 19.5. The Labute approximate surface area is 227 Å². The van der Waals surface area contributed by atoms with Gasteiger partial charge in [0, 0.05) is 0 Å². The first-order valence-electron chi connectivity index (χ1n) is 9.37. The van der Waals surface area contributed by atoms with Crippen LogP contribution in [0.15, 0.2) is 0 Å². The van der Waals surface area contributed by atoms with E-state index < -0.39 is 89.2 Å². The number of carbonyl (C=O) groups is 1. The largest absolute Gasteiger partial charge is 0.460 e. The number of ketones is 1. The van der Waals surface area contributed by atoms with Crippen molar-refractivity contribution in [3.63, 3.8) is 0 Å². The lowest BCUT2D eigenvalue weighted by Crippen LogP contribution is -2.81. The molecule has 0 aromatic rings. The van der Waals surface area contributed by atoms with Crippen molar-refractivity contribution >= 4 is 5.78 Å². The van der Waals surface area contributed by atoms with Gasteiger partial charge in [-0.2, -0.15) is 123 Å². The van der Waals surface area contributed by atoms with Gasteiger partial charge >= 0.3 is 83.4 Å². The summed E-state index contributed by atoms with van der Waals surface area (Å²) in [5.41, 5.74) is -20.0. The molecule has 0 rings (SSSR count). The second kappa shape index (κ2) is 10.3. The molecular formula is C15F30O. The smallest absolute Gasteiger partial charge is 0.291 e. The Kier molecular flexibility index (Phi) is 9.74. The van der Waals surface area contributed by atoms with Crippen molar-refractivity contribution < 1.29 is 137 Å². The summed E-state index contributed by atoms with van der Waals surface area (Å²) < 4.78 is 394. The molecule has 0 saturated heterocycles. The standard InChI is InChI=1S/C15F30O/c16-2(12(34,35)36,4(18,19)6(22,23)8(26,27)10(30,31)14(40,41)42)1(46)3(17,13(37,38)39)5(20,21)7(24,25)9(28,29)11(32,33)15(43,44)45. The zero-order chi connectivity index (χ0) is 38.6. The fourth-order valence-corrected chi connectivity index (χ4v) is 2.71. The number of alkyl halides is 30. The van der Waals surface area contributed by atoms with E-state index in [-0.39, 0.29) is 0 Å². The number of Topliss-reactive ketones (excluding diaryl/α,β-unsaturated/α-hetero) is 1. The van der Waals surface area contributed by atoms with E-state index in [4.69, 9.17) is 0 Å². The van der Waals surface area contributed by atoms with Crippen LogP contribution in [0.2, 0.25) is 0 Å². The van der Waals surface area contributed by atoms with Gasteiger partial charge in [0.05, 0.1) is 0 Å². The fourth-order valence-electron chi connectivity index (χ4n) is 2.71. The summed E-state index contributed by atoms with van der Waals surface area (Å²) in [7, 11) is 0. The van der Waals surface area contributed by atoms with Crippen molar-refractivity contribution in [2.45, 2.75) is 83.4 Å². The molecule has 0 saturated carbocycles. The molecule has 0 radical (unpaired) electrons. The summed E-state index contributed by atoms with van der Waals surface area (Å²) in [5.74, 6) is -84.0. The molecule has 0 N–H and O–H groups in total. The average molecular weight is 766 g/mol. The van der Waals surface area contributed by atoms with Gasteiger partial charge in [-0.3, -0.25) is 4.79 Å². The highest BCUT2D eigenvalue weighted by molar-refractivity contribution is 5.98. The molecule has 2 atom stereocenters. The molecule has 1 nitrogen and oxygen atoms in total. The summed E-state index contributed by atoms with van der Waals surface area (Å²) >= 11 is 0. The Morgan fingerprint density at radius 1 is 0.217 bits per heavy atom. The third-order valence-corrected chi connectivity index (χ3v) is 5.35. The lowest BCUT2D eigenvalue weighted by atomic mass is 9.73. The van der Waals surface area contributed by atoms with Crippen LogP contribution in [-0.4, -0.2) is 89.2 Å². The molecule has 46 heavy (non-hydrogen) atoms. The van der Waals surface area contributed by atoms with Crippen LogP contribution in [-0.2, 0) is 4.79 Å². The first kappa shape index (κ1) is 43.6. The van der Waals surface area contributed by atoms with Gasteiger partial charge in [-0.1, -0.05) is 0 Å². The van der Waals surface area contributed by atoms with Crippen molar-refractivity contribution in [3.05, 3.63) is 0 Å². The fraction of sp³-hybridized carbons (Fsp3) is 0.933. The Hall–Kier alpha value is -2.43. The van der Waals surface area contributed by atoms with E-state index in [9.17, 15) is 137 Å². The molecule has 2 unspecified atom stereocenters. The zero-order valence-corrected chi connectivity index (χ0v) is 19.2. The second-order valence-corrected chi connectivity index (χ2v) is 8.23. The summed E-state index contributed by atoms with van der Waals surface area (Å²) in [6.45, 7) is 0. The molecule has 0 aliphatic rings. The SMILES string of the molecule is O=C(C(F)(C(F)(F)F)C(F)(F)C(F)(F)C(F)(F)C(F)(F)C(F)(F)F)C(F)(C(F)(F)F)C(F)(F)C(F)(F)C(F)(F)C(F)(F)C(F)(F)F. The van der Waals surface area contributed by atoms with E-state index in [0.717, 1.165) is 0 Å². The van der Waals surface area contributed by atoms with Gasteiger partial charge in [0.2, 0.25) is 5.78 Å². The Balaban J connectivity index is 8.32. The molecule has 0 aliphatic heterocycles. The van der Waals surface area contributed by atoms with Gasteiger partial charge in [0.15, 0.2) is 0 Å². The molecule has 0 spiro atoms. The number of halogens is 30. The molecule has 0 fully saturated rings. The van der Waals surface area contributed by atoms with Crippen LogP contribution < -0.4 is 0 Å². The van der Waals surface area contributed by atoms with E-state index in [1.807, 2.05) is 0 Å². The Bertz CT molecular complexity index is 1050. The molecule has 31 heteroatoms. The van der Waals surface area contributed by atoms with Gasteiger partial charge in [0.1, 0.15) is 0 Å². The first-order chi connectivity index (χ1) is 19.2. The van der Waals surface area contributed by atoms with Crippen LogP contribution in [0.4, 0.5) is 132 Å². The van der Waals surface area contributed by atoms with Gasteiger partial charge in [-0.15, -0.1) is 0 Å². The van der Waals surface area contributed by atoms with Crippen molar-refractivity contribution in [2.75, 3.05) is 0 Å². The lowest BCUT2D eigenvalue weighted by Gasteiger charge is -2.46. The summed E-state index contributed by atoms with van der Waals surface area (Å²) in [5, 5.41) is 0. The maximum absolute atomic E-state index is 14.4. The third kappa shape index (κ3) is 4.95. The summed E-state index contributed by atoms with van der Waals surface area (Å²) in [4.78, 5) is 11.4. The molecular weight excluding hydrogens is 766 g/mol. The van der Waals surface area contributed by atoms with Crippen molar-refractivity contribution in [1.82, 2.24) is 0 Å². The van der Waals surface area contributed by atoms with Crippen LogP contribution in [0.5, 0.6) is 0 Å². The van der Waals surface area contributed by atoms with Crippen molar-refractivity contribution in [3.8, 4) is 0 Å². The number of hydrogen-bond donors (Lipinski definition) is 0. The Morgan fingerprint density at radius 2 is 0.370 bits per heavy atom. The quantitative estimate of drug-likeness (QED) is 0.203. The van der Waals surface area contributed by atoms with E-state index in [0.29, 0.717) is 0 Å². The van der Waals surface area contributed by atoms with E-state index in [2.05, 4.69) is 0 Å². The van der Waals surface area contributed by atoms with Gasteiger partial charge in [-0.05, 0) is 0 Å². The van der Waals surface area contributed by atoms with Crippen LogP contribution in [0.1, 0.15) is 0 Å². The van der Waals surface area contributed by atoms with E-state index in [1.54, 1.807) is 0 Å².